The van der Waals surface area contributed by atoms with Gasteiger partial charge >= 0.3 is 0 Å². The van der Waals surface area contributed by atoms with Gasteiger partial charge < -0.3 is 19.1 Å². The number of nitrogens with zero attached hydrogens (tertiary/aromatic N) is 1. The molecule has 1 heterocycles. The van der Waals surface area contributed by atoms with Crippen LogP contribution in [0.5, 0.6) is 17.2 Å². The SMILES string of the molecule is COc1ccc(C2CCCN2C(=O)COc2ccc(Br)cc2)cc1OC. The Balaban J connectivity index is 1.69. The molecule has 6 heteroatoms. The van der Waals surface area contributed by atoms with E-state index in [1.807, 2.05) is 47.4 Å². The predicted molar refractivity (Wildman–Crippen MR) is 103 cm³/mol. The summed E-state index contributed by atoms with van der Waals surface area (Å²) >= 11 is 3.39. The Morgan fingerprint density at radius 3 is 2.54 bits per heavy atom. The molecule has 26 heavy (non-hydrogen) atoms. The first-order chi connectivity index (χ1) is 12.6. The fraction of sp³-hybridized carbons (Fsp3) is 0.350. The zero-order valence-electron chi connectivity index (χ0n) is 14.9. The van der Waals surface area contributed by atoms with Crippen LogP contribution in [0.4, 0.5) is 0 Å². The van der Waals surface area contributed by atoms with E-state index in [0.29, 0.717) is 17.2 Å². The van der Waals surface area contributed by atoms with E-state index in [9.17, 15) is 4.79 Å². The Kier molecular flexibility index (Phi) is 6.04. The van der Waals surface area contributed by atoms with Gasteiger partial charge in [-0.25, -0.2) is 0 Å². The molecule has 2 aromatic carbocycles. The molecule has 1 saturated heterocycles. The molecule has 3 rings (SSSR count). The lowest BCUT2D eigenvalue weighted by Gasteiger charge is -2.25. The number of carbonyl (C=O) groups is 1. The van der Waals surface area contributed by atoms with Gasteiger partial charge in [-0.05, 0) is 54.8 Å². The first-order valence-corrected chi connectivity index (χ1v) is 9.31. The van der Waals surface area contributed by atoms with Crippen molar-refractivity contribution in [1.82, 2.24) is 4.90 Å². The van der Waals surface area contributed by atoms with E-state index in [0.717, 1.165) is 29.4 Å². The average molecular weight is 420 g/mol. The molecule has 0 aromatic heterocycles. The van der Waals surface area contributed by atoms with Crippen molar-refractivity contribution in [1.29, 1.82) is 0 Å². The second kappa shape index (κ2) is 8.45. The molecule has 1 amide bonds. The fourth-order valence-corrected chi connectivity index (χ4v) is 3.49. The van der Waals surface area contributed by atoms with Crippen LogP contribution in [-0.4, -0.2) is 38.2 Å². The first kappa shape index (κ1) is 18.6. The van der Waals surface area contributed by atoms with Crippen molar-refractivity contribution in [2.45, 2.75) is 18.9 Å². The van der Waals surface area contributed by atoms with Gasteiger partial charge in [-0.1, -0.05) is 22.0 Å². The van der Waals surface area contributed by atoms with Crippen molar-refractivity contribution in [3.8, 4) is 17.2 Å². The van der Waals surface area contributed by atoms with Gasteiger partial charge in [0.2, 0.25) is 0 Å². The Morgan fingerprint density at radius 1 is 1.12 bits per heavy atom. The molecule has 1 aliphatic rings. The number of methoxy groups -OCH3 is 2. The standard InChI is InChI=1S/C20H22BrNO4/c1-24-18-10-5-14(12-19(18)25-2)17-4-3-11-22(17)20(23)13-26-16-8-6-15(21)7-9-16/h5-10,12,17H,3-4,11,13H2,1-2H3. The lowest BCUT2D eigenvalue weighted by Crippen LogP contribution is -2.34. The summed E-state index contributed by atoms with van der Waals surface area (Å²) in [6.45, 7) is 0.771. The van der Waals surface area contributed by atoms with Crippen molar-refractivity contribution >= 4 is 21.8 Å². The molecule has 0 radical (unpaired) electrons. The maximum absolute atomic E-state index is 12.7. The molecular weight excluding hydrogens is 398 g/mol. The van der Waals surface area contributed by atoms with Gasteiger partial charge in [-0.2, -0.15) is 0 Å². The van der Waals surface area contributed by atoms with Gasteiger partial charge in [0, 0.05) is 11.0 Å². The largest absolute Gasteiger partial charge is 0.493 e. The topological polar surface area (TPSA) is 48.0 Å². The smallest absolute Gasteiger partial charge is 0.261 e. The molecule has 1 atom stereocenters. The minimum absolute atomic E-state index is 0.00907. The van der Waals surface area contributed by atoms with E-state index in [1.54, 1.807) is 14.2 Å². The van der Waals surface area contributed by atoms with Gasteiger partial charge in [0.1, 0.15) is 5.75 Å². The molecule has 1 unspecified atom stereocenters. The summed E-state index contributed by atoms with van der Waals surface area (Å²) in [4.78, 5) is 14.6. The van der Waals surface area contributed by atoms with Crippen molar-refractivity contribution in [3.05, 3.63) is 52.5 Å². The molecule has 5 nitrogen and oxygen atoms in total. The second-order valence-corrected chi connectivity index (χ2v) is 7.02. The molecule has 1 fully saturated rings. The van der Waals surface area contributed by atoms with Gasteiger partial charge in [0.25, 0.3) is 5.91 Å². The summed E-state index contributed by atoms with van der Waals surface area (Å²) in [6.07, 6.45) is 1.91. The lowest BCUT2D eigenvalue weighted by molar-refractivity contribution is -0.134. The van der Waals surface area contributed by atoms with Gasteiger partial charge in [-0.15, -0.1) is 0 Å². The highest BCUT2D eigenvalue weighted by Gasteiger charge is 2.30. The zero-order chi connectivity index (χ0) is 18.5. The molecule has 138 valence electrons. The van der Waals surface area contributed by atoms with Gasteiger partial charge in [0.15, 0.2) is 18.1 Å². The van der Waals surface area contributed by atoms with E-state index in [4.69, 9.17) is 14.2 Å². The van der Waals surface area contributed by atoms with Crippen molar-refractivity contribution in [2.24, 2.45) is 0 Å². The van der Waals surface area contributed by atoms with E-state index >= 15 is 0 Å². The number of likely N-dealkylation sites (tertiary alicyclic amines) is 1. The number of halogens is 1. The molecule has 0 aliphatic carbocycles. The van der Waals surface area contributed by atoms with Crippen LogP contribution >= 0.6 is 15.9 Å². The maximum atomic E-state index is 12.7. The summed E-state index contributed by atoms with van der Waals surface area (Å²) in [5.41, 5.74) is 1.05. The number of amides is 1. The summed E-state index contributed by atoms with van der Waals surface area (Å²) in [7, 11) is 3.23. The van der Waals surface area contributed by atoms with Gasteiger partial charge in [-0.3, -0.25) is 4.79 Å². The maximum Gasteiger partial charge on any atom is 0.261 e. The van der Waals surface area contributed by atoms with E-state index in [2.05, 4.69) is 15.9 Å². The third-order valence-electron chi connectivity index (χ3n) is 4.54. The molecular formula is C20H22BrNO4. The predicted octanol–water partition coefficient (Wildman–Crippen LogP) is 4.21. The number of hydrogen-bond acceptors (Lipinski definition) is 4. The van der Waals surface area contributed by atoms with Crippen LogP contribution in [0.3, 0.4) is 0 Å². The minimum atomic E-state index is -0.00907. The van der Waals surface area contributed by atoms with Gasteiger partial charge in [0.05, 0.1) is 20.3 Å². The van der Waals surface area contributed by atoms with Crippen LogP contribution in [0.2, 0.25) is 0 Å². The van der Waals surface area contributed by atoms with Crippen LogP contribution in [-0.2, 0) is 4.79 Å². The van der Waals surface area contributed by atoms with Crippen molar-refractivity contribution < 1.29 is 19.0 Å². The van der Waals surface area contributed by atoms with E-state index in [-0.39, 0.29) is 18.6 Å². The number of hydrogen-bond donors (Lipinski definition) is 0. The monoisotopic (exact) mass is 419 g/mol. The quantitative estimate of drug-likeness (QED) is 0.703. The highest BCUT2D eigenvalue weighted by Crippen LogP contribution is 2.36. The number of rotatable bonds is 6. The van der Waals surface area contributed by atoms with E-state index in [1.165, 1.54) is 0 Å². The summed E-state index contributed by atoms with van der Waals surface area (Å²) in [5.74, 6) is 2.04. The van der Waals surface area contributed by atoms with Crippen molar-refractivity contribution in [2.75, 3.05) is 27.4 Å². The molecule has 0 saturated carbocycles. The summed E-state index contributed by atoms with van der Waals surface area (Å²) in [5, 5.41) is 0. The number of ether oxygens (including phenoxy) is 3. The fourth-order valence-electron chi connectivity index (χ4n) is 3.23. The number of carbonyl (C=O) groups excluding carboxylic acids is 1. The molecule has 2 aromatic rings. The highest BCUT2D eigenvalue weighted by atomic mass is 79.9. The van der Waals surface area contributed by atoms with Crippen LogP contribution in [0.1, 0.15) is 24.4 Å². The Labute approximate surface area is 162 Å². The summed E-state index contributed by atoms with van der Waals surface area (Å²) in [6, 6.07) is 13.3. The lowest BCUT2D eigenvalue weighted by atomic mass is 10.0. The van der Waals surface area contributed by atoms with Crippen LogP contribution < -0.4 is 14.2 Å². The normalized spacial score (nSPS) is 16.4. The molecule has 0 spiro atoms. The van der Waals surface area contributed by atoms with Crippen LogP contribution in [0.15, 0.2) is 46.9 Å². The van der Waals surface area contributed by atoms with Crippen molar-refractivity contribution in [3.63, 3.8) is 0 Å². The van der Waals surface area contributed by atoms with Crippen LogP contribution in [0, 0.1) is 0 Å². The number of benzene rings is 2. The first-order valence-electron chi connectivity index (χ1n) is 8.52. The third-order valence-corrected chi connectivity index (χ3v) is 5.07. The third kappa shape index (κ3) is 4.12. The Hall–Kier alpha value is -2.21. The average Bonchev–Trinajstić information content (AvgIpc) is 3.16. The Morgan fingerprint density at radius 2 is 1.85 bits per heavy atom. The molecule has 1 aliphatic heterocycles. The van der Waals surface area contributed by atoms with E-state index < -0.39 is 0 Å². The minimum Gasteiger partial charge on any atom is -0.493 e. The second-order valence-electron chi connectivity index (χ2n) is 6.10. The van der Waals surface area contributed by atoms with Crippen LogP contribution in [0.25, 0.3) is 0 Å². The zero-order valence-corrected chi connectivity index (χ0v) is 16.5. The molecule has 0 bridgehead atoms. The summed E-state index contributed by atoms with van der Waals surface area (Å²) < 4.78 is 17.3. The Bertz CT molecular complexity index is 763. The molecule has 0 N–H and O–H groups in total. The highest BCUT2D eigenvalue weighted by molar-refractivity contribution is 9.10.